The average molecular weight is 236 g/mol. The van der Waals surface area contributed by atoms with Crippen molar-refractivity contribution in [3.8, 4) is 0 Å². The third kappa shape index (κ3) is 8.05. The van der Waals surface area contributed by atoms with Crippen LogP contribution in [0.5, 0.6) is 0 Å². The van der Waals surface area contributed by atoms with Crippen LogP contribution in [0.2, 0.25) is 0 Å². The Labute approximate surface area is 83.2 Å². The van der Waals surface area contributed by atoms with Crippen molar-refractivity contribution in [3.05, 3.63) is 0 Å². The van der Waals surface area contributed by atoms with E-state index in [1.807, 2.05) is 0 Å². The minimum Gasteiger partial charge on any atom is -0.359 e. The lowest BCUT2D eigenvalue weighted by Crippen LogP contribution is -2.16. The van der Waals surface area contributed by atoms with Gasteiger partial charge in [0.25, 0.3) is 0 Å². The Kier molecular flexibility index (Phi) is 9.00. The van der Waals surface area contributed by atoms with Gasteiger partial charge in [-0.15, -0.1) is 0 Å². The van der Waals surface area contributed by atoms with Gasteiger partial charge < -0.3 is 5.32 Å². The molecule has 0 saturated heterocycles. The fourth-order valence-corrected chi connectivity index (χ4v) is 1.43. The van der Waals surface area contributed by atoms with Crippen LogP contribution in [0.1, 0.15) is 38.5 Å². The second-order valence-corrected chi connectivity index (χ2v) is 3.67. The Morgan fingerprint density at radius 3 is 2.33 bits per heavy atom. The maximum absolute atomic E-state index is 10.8. The summed E-state index contributed by atoms with van der Waals surface area (Å²) >= 11 is 3.39. The maximum atomic E-state index is 10.8. The molecular weight excluding hydrogens is 218 g/mol. The second kappa shape index (κ2) is 9.04. The zero-order valence-electron chi connectivity index (χ0n) is 7.74. The molecule has 2 nitrogen and oxygen atoms in total. The highest BCUT2D eigenvalue weighted by molar-refractivity contribution is 9.09. The molecule has 0 aliphatic rings. The molecule has 0 radical (unpaired) electrons. The standard InChI is InChI=1S/C9H18BrNO/c1-11-9(12)7-5-3-2-4-6-8-10/h2-8H2,1H3,(H,11,12). The topological polar surface area (TPSA) is 29.1 Å². The highest BCUT2D eigenvalue weighted by atomic mass is 79.9. The Morgan fingerprint density at radius 2 is 1.75 bits per heavy atom. The van der Waals surface area contributed by atoms with E-state index in [1.165, 1.54) is 25.7 Å². The SMILES string of the molecule is CNC(=O)CCCCCCCBr. The number of carbonyl (C=O) groups excluding carboxylic acids is 1. The predicted molar refractivity (Wildman–Crippen MR) is 55.6 cm³/mol. The van der Waals surface area contributed by atoms with E-state index < -0.39 is 0 Å². The zero-order chi connectivity index (χ0) is 9.23. The van der Waals surface area contributed by atoms with Crippen molar-refractivity contribution in [1.29, 1.82) is 0 Å². The van der Waals surface area contributed by atoms with Gasteiger partial charge in [-0.25, -0.2) is 0 Å². The molecule has 0 rings (SSSR count). The monoisotopic (exact) mass is 235 g/mol. The molecule has 0 spiro atoms. The van der Waals surface area contributed by atoms with E-state index in [9.17, 15) is 4.79 Å². The van der Waals surface area contributed by atoms with Crippen LogP contribution < -0.4 is 5.32 Å². The fourth-order valence-electron chi connectivity index (χ4n) is 1.04. The summed E-state index contributed by atoms with van der Waals surface area (Å²) in [4.78, 5) is 10.8. The number of nitrogens with one attached hydrogen (secondary N) is 1. The first-order chi connectivity index (χ1) is 5.81. The van der Waals surface area contributed by atoms with Gasteiger partial charge in [-0.05, 0) is 12.8 Å². The van der Waals surface area contributed by atoms with Crippen molar-refractivity contribution < 1.29 is 4.79 Å². The Morgan fingerprint density at radius 1 is 1.17 bits per heavy atom. The van der Waals surface area contributed by atoms with Gasteiger partial charge in [-0.2, -0.15) is 0 Å². The van der Waals surface area contributed by atoms with E-state index in [-0.39, 0.29) is 5.91 Å². The molecule has 0 aliphatic heterocycles. The number of rotatable bonds is 7. The van der Waals surface area contributed by atoms with Crippen molar-refractivity contribution in [2.75, 3.05) is 12.4 Å². The third-order valence-corrected chi connectivity index (χ3v) is 2.38. The molecule has 0 heterocycles. The molecule has 0 aromatic rings. The summed E-state index contributed by atoms with van der Waals surface area (Å²) in [6.07, 6.45) is 6.68. The molecule has 0 saturated carbocycles. The van der Waals surface area contributed by atoms with Crippen molar-refractivity contribution in [2.24, 2.45) is 0 Å². The van der Waals surface area contributed by atoms with Gasteiger partial charge in [0.15, 0.2) is 0 Å². The number of hydrogen-bond donors (Lipinski definition) is 1. The largest absolute Gasteiger partial charge is 0.359 e. The molecular formula is C9H18BrNO. The van der Waals surface area contributed by atoms with Crippen LogP contribution in [0.15, 0.2) is 0 Å². The number of unbranched alkanes of at least 4 members (excludes halogenated alkanes) is 4. The van der Waals surface area contributed by atoms with E-state index >= 15 is 0 Å². The Hall–Kier alpha value is -0.0500. The van der Waals surface area contributed by atoms with E-state index in [0.29, 0.717) is 6.42 Å². The highest BCUT2D eigenvalue weighted by Gasteiger charge is 1.96. The van der Waals surface area contributed by atoms with Crippen LogP contribution in [-0.4, -0.2) is 18.3 Å². The van der Waals surface area contributed by atoms with Crippen molar-refractivity contribution in [1.82, 2.24) is 5.32 Å². The lowest BCUT2D eigenvalue weighted by molar-refractivity contribution is -0.120. The quantitative estimate of drug-likeness (QED) is 0.534. The average Bonchev–Trinajstić information content (AvgIpc) is 2.10. The van der Waals surface area contributed by atoms with E-state index in [0.717, 1.165) is 11.8 Å². The lowest BCUT2D eigenvalue weighted by atomic mass is 10.1. The molecule has 0 aliphatic carbocycles. The summed E-state index contributed by atoms with van der Waals surface area (Å²) in [5.74, 6) is 0.162. The fraction of sp³-hybridized carbons (Fsp3) is 0.889. The molecule has 1 amide bonds. The summed E-state index contributed by atoms with van der Waals surface area (Å²) in [5.41, 5.74) is 0. The van der Waals surface area contributed by atoms with Gasteiger partial charge >= 0.3 is 0 Å². The van der Waals surface area contributed by atoms with Gasteiger partial charge in [-0.3, -0.25) is 4.79 Å². The number of halogens is 1. The molecule has 72 valence electrons. The van der Waals surface area contributed by atoms with Crippen LogP contribution in [-0.2, 0) is 4.79 Å². The first-order valence-electron chi connectivity index (χ1n) is 4.57. The highest BCUT2D eigenvalue weighted by Crippen LogP contribution is 2.06. The van der Waals surface area contributed by atoms with Crippen LogP contribution in [0.4, 0.5) is 0 Å². The van der Waals surface area contributed by atoms with E-state index in [1.54, 1.807) is 7.05 Å². The molecule has 12 heavy (non-hydrogen) atoms. The van der Waals surface area contributed by atoms with Crippen LogP contribution in [0.25, 0.3) is 0 Å². The first-order valence-corrected chi connectivity index (χ1v) is 5.70. The number of carbonyl (C=O) groups is 1. The lowest BCUT2D eigenvalue weighted by Gasteiger charge is -1.99. The molecule has 0 atom stereocenters. The van der Waals surface area contributed by atoms with Crippen LogP contribution in [0.3, 0.4) is 0 Å². The molecule has 0 aromatic carbocycles. The van der Waals surface area contributed by atoms with E-state index in [4.69, 9.17) is 0 Å². The minimum atomic E-state index is 0.162. The molecule has 0 aromatic heterocycles. The molecule has 0 fully saturated rings. The van der Waals surface area contributed by atoms with Crippen molar-refractivity contribution >= 4 is 21.8 Å². The summed E-state index contributed by atoms with van der Waals surface area (Å²) in [7, 11) is 1.69. The van der Waals surface area contributed by atoms with Gasteiger partial charge in [0, 0.05) is 18.8 Å². The van der Waals surface area contributed by atoms with Gasteiger partial charge in [0.2, 0.25) is 5.91 Å². The minimum absolute atomic E-state index is 0.162. The molecule has 0 unspecified atom stereocenters. The number of amides is 1. The normalized spacial score (nSPS) is 9.83. The van der Waals surface area contributed by atoms with Crippen molar-refractivity contribution in [3.63, 3.8) is 0 Å². The zero-order valence-corrected chi connectivity index (χ0v) is 9.32. The number of alkyl halides is 1. The van der Waals surface area contributed by atoms with E-state index in [2.05, 4.69) is 21.2 Å². The summed E-state index contributed by atoms with van der Waals surface area (Å²) in [5, 5.41) is 3.72. The number of hydrogen-bond acceptors (Lipinski definition) is 1. The molecule has 0 bridgehead atoms. The van der Waals surface area contributed by atoms with Gasteiger partial charge in [0.05, 0.1) is 0 Å². The predicted octanol–water partition coefficient (Wildman–Crippen LogP) is 2.47. The van der Waals surface area contributed by atoms with Crippen LogP contribution in [0, 0.1) is 0 Å². The molecule has 3 heteroatoms. The summed E-state index contributed by atoms with van der Waals surface area (Å²) in [6.45, 7) is 0. The summed E-state index contributed by atoms with van der Waals surface area (Å²) in [6, 6.07) is 0. The molecule has 1 N–H and O–H groups in total. The third-order valence-electron chi connectivity index (χ3n) is 1.82. The first kappa shape index (κ1) is 11.9. The Bertz CT molecular complexity index is 117. The van der Waals surface area contributed by atoms with Crippen LogP contribution >= 0.6 is 15.9 Å². The van der Waals surface area contributed by atoms with Crippen molar-refractivity contribution in [2.45, 2.75) is 38.5 Å². The van der Waals surface area contributed by atoms with Gasteiger partial charge in [0.1, 0.15) is 0 Å². The smallest absolute Gasteiger partial charge is 0.219 e. The Balaban J connectivity index is 2.95. The second-order valence-electron chi connectivity index (χ2n) is 2.88. The van der Waals surface area contributed by atoms with Gasteiger partial charge in [-0.1, -0.05) is 35.2 Å². The maximum Gasteiger partial charge on any atom is 0.219 e. The summed E-state index contributed by atoms with van der Waals surface area (Å²) < 4.78 is 0.